The summed E-state index contributed by atoms with van der Waals surface area (Å²) >= 11 is 0. The van der Waals surface area contributed by atoms with Crippen molar-refractivity contribution in [3.63, 3.8) is 0 Å². The molecule has 0 radical (unpaired) electrons. The number of aliphatic imine (C=N–C) groups is 1. The topological polar surface area (TPSA) is 247 Å². The van der Waals surface area contributed by atoms with E-state index in [9.17, 15) is 33.9 Å². The Morgan fingerprint density at radius 2 is 1.44 bits per heavy atom. The number of nitrogens with one attached hydrogen (secondary N) is 2. The minimum Gasteiger partial charge on any atom is -0.480 e. The molecule has 9 N–H and O–H groups in total. The Morgan fingerprint density at radius 1 is 0.854 bits per heavy atom. The SMILES string of the molecule is NCC(=O)N1CCC[C@H]1C(=O)N[C@@H](CCCN=C(N)N)C(=O)NCC(=O)N1CCC[C@H]1C(=O)N1CCC[C@H]1C(=O)O. The van der Waals surface area contributed by atoms with Crippen LogP contribution < -0.4 is 27.8 Å². The number of aliphatic carboxylic acids is 1. The van der Waals surface area contributed by atoms with Crippen molar-refractivity contribution < 1.29 is 33.9 Å². The van der Waals surface area contributed by atoms with Crippen LogP contribution in [-0.2, 0) is 28.8 Å². The van der Waals surface area contributed by atoms with Crippen molar-refractivity contribution >= 4 is 41.5 Å². The molecule has 3 aliphatic heterocycles. The maximum Gasteiger partial charge on any atom is 0.326 e. The van der Waals surface area contributed by atoms with Gasteiger partial charge in [0.05, 0.1) is 13.1 Å². The molecule has 5 amide bonds. The zero-order valence-electron chi connectivity index (χ0n) is 23.1. The van der Waals surface area contributed by atoms with Crippen LogP contribution in [0.4, 0.5) is 0 Å². The number of hydrogen-bond donors (Lipinski definition) is 6. The van der Waals surface area contributed by atoms with Crippen LogP contribution in [0.5, 0.6) is 0 Å². The largest absolute Gasteiger partial charge is 0.480 e. The quantitative estimate of drug-likeness (QED) is 0.0762. The monoisotopic (exact) mass is 579 g/mol. The first-order valence-corrected chi connectivity index (χ1v) is 14.0. The summed E-state index contributed by atoms with van der Waals surface area (Å²) in [4.78, 5) is 84.0. The molecule has 3 fully saturated rings. The van der Waals surface area contributed by atoms with Gasteiger partial charge in [0.15, 0.2) is 5.96 Å². The summed E-state index contributed by atoms with van der Waals surface area (Å²) < 4.78 is 0. The van der Waals surface area contributed by atoms with Crippen LogP contribution in [0.3, 0.4) is 0 Å². The molecule has 3 aliphatic rings. The number of hydrogen-bond acceptors (Lipinski definition) is 8. The first-order valence-electron chi connectivity index (χ1n) is 14.0. The summed E-state index contributed by atoms with van der Waals surface area (Å²) in [7, 11) is 0. The predicted molar refractivity (Wildman–Crippen MR) is 146 cm³/mol. The number of likely N-dealkylation sites (tertiary alicyclic amines) is 3. The average Bonchev–Trinajstić information content (AvgIpc) is 3.72. The molecule has 16 heteroatoms. The first-order chi connectivity index (χ1) is 19.5. The van der Waals surface area contributed by atoms with E-state index in [2.05, 4.69) is 15.6 Å². The zero-order valence-corrected chi connectivity index (χ0v) is 23.1. The van der Waals surface area contributed by atoms with E-state index in [1.807, 2.05) is 0 Å². The van der Waals surface area contributed by atoms with Gasteiger partial charge in [-0.1, -0.05) is 0 Å². The predicted octanol–water partition coefficient (Wildman–Crippen LogP) is -3.34. The average molecular weight is 580 g/mol. The number of nitrogens with zero attached hydrogens (tertiary/aromatic N) is 4. The van der Waals surface area contributed by atoms with Crippen molar-refractivity contribution in [3.05, 3.63) is 0 Å². The molecule has 0 aromatic carbocycles. The first kappa shape index (κ1) is 31.6. The van der Waals surface area contributed by atoms with Gasteiger partial charge < -0.3 is 47.6 Å². The molecular weight excluding hydrogens is 538 g/mol. The summed E-state index contributed by atoms with van der Waals surface area (Å²) in [6.07, 6.45) is 3.50. The highest BCUT2D eigenvalue weighted by Gasteiger charge is 2.42. The lowest BCUT2D eigenvalue weighted by Gasteiger charge is -2.30. The lowest BCUT2D eigenvalue weighted by molar-refractivity contribution is -0.151. The third-order valence-corrected chi connectivity index (χ3v) is 7.72. The number of rotatable bonds is 12. The fourth-order valence-electron chi connectivity index (χ4n) is 5.68. The minimum atomic E-state index is -1.07. The van der Waals surface area contributed by atoms with Crippen LogP contribution in [0.25, 0.3) is 0 Å². The highest BCUT2D eigenvalue weighted by molar-refractivity contribution is 5.95. The van der Waals surface area contributed by atoms with E-state index in [1.165, 1.54) is 14.7 Å². The number of guanidine groups is 1. The van der Waals surface area contributed by atoms with Crippen molar-refractivity contribution in [1.82, 2.24) is 25.3 Å². The lowest BCUT2D eigenvalue weighted by Crippen LogP contribution is -2.55. The number of carbonyl (C=O) groups is 6. The summed E-state index contributed by atoms with van der Waals surface area (Å²) in [5.41, 5.74) is 16.2. The molecule has 3 saturated heterocycles. The molecule has 0 unspecified atom stereocenters. The van der Waals surface area contributed by atoms with Gasteiger partial charge in [0.1, 0.15) is 24.2 Å². The van der Waals surface area contributed by atoms with Gasteiger partial charge in [0, 0.05) is 26.2 Å². The Kier molecular flexibility index (Phi) is 11.3. The number of carboxylic acids is 1. The smallest absolute Gasteiger partial charge is 0.326 e. The van der Waals surface area contributed by atoms with Crippen LogP contribution >= 0.6 is 0 Å². The Bertz CT molecular complexity index is 1050. The molecule has 4 atom stereocenters. The summed E-state index contributed by atoms with van der Waals surface area (Å²) in [5.74, 6) is -3.53. The number of carboxylic acid groups (broad SMARTS) is 1. The molecular formula is C25H41N9O7. The summed E-state index contributed by atoms with van der Waals surface area (Å²) in [6, 6.07) is -3.48. The molecule has 0 aromatic rings. The third-order valence-electron chi connectivity index (χ3n) is 7.72. The molecule has 3 rings (SSSR count). The van der Waals surface area contributed by atoms with Gasteiger partial charge in [-0.25, -0.2) is 4.79 Å². The Labute approximate surface area is 238 Å². The molecule has 0 spiro atoms. The van der Waals surface area contributed by atoms with Crippen molar-refractivity contribution in [1.29, 1.82) is 0 Å². The second-order valence-corrected chi connectivity index (χ2v) is 10.5. The van der Waals surface area contributed by atoms with Crippen molar-refractivity contribution in [3.8, 4) is 0 Å². The molecule has 0 bridgehead atoms. The van der Waals surface area contributed by atoms with E-state index in [1.54, 1.807) is 0 Å². The molecule has 16 nitrogen and oxygen atoms in total. The molecule has 41 heavy (non-hydrogen) atoms. The Balaban J connectivity index is 1.62. The van der Waals surface area contributed by atoms with Gasteiger partial charge in [0.25, 0.3) is 0 Å². The van der Waals surface area contributed by atoms with Crippen LogP contribution in [0.2, 0.25) is 0 Å². The number of carbonyl (C=O) groups excluding carboxylic acids is 5. The number of amides is 5. The second kappa shape index (κ2) is 14.6. The fraction of sp³-hybridized carbons (Fsp3) is 0.720. The van der Waals surface area contributed by atoms with Gasteiger partial charge in [0.2, 0.25) is 29.5 Å². The van der Waals surface area contributed by atoms with Crippen molar-refractivity contribution in [2.45, 2.75) is 75.5 Å². The highest BCUT2D eigenvalue weighted by Crippen LogP contribution is 2.25. The van der Waals surface area contributed by atoms with Crippen LogP contribution in [0.15, 0.2) is 4.99 Å². The molecule has 0 aliphatic carbocycles. The van der Waals surface area contributed by atoms with E-state index < -0.39 is 60.3 Å². The Morgan fingerprint density at radius 3 is 2.05 bits per heavy atom. The van der Waals surface area contributed by atoms with Crippen LogP contribution in [-0.4, -0.2) is 125 Å². The normalized spacial score (nSPS) is 22.8. The van der Waals surface area contributed by atoms with E-state index in [0.29, 0.717) is 64.6 Å². The molecule has 0 aromatic heterocycles. The third kappa shape index (κ3) is 8.05. The van der Waals surface area contributed by atoms with E-state index >= 15 is 0 Å². The van der Waals surface area contributed by atoms with E-state index in [0.717, 1.165) is 0 Å². The highest BCUT2D eigenvalue weighted by atomic mass is 16.4. The second-order valence-electron chi connectivity index (χ2n) is 10.5. The summed E-state index contributed by atoms with van der Waals surface area (Å²) in [5, 5.41) is 14.7. The van der Waals surface area contributed by atoms with Gasteiger partial charge in [-0.3, -0.25) is 29.0 Å². The maximum absolute atomic E-state index is 13.1. The van der Waals surface area contributed by atoms with Crippen molar-refractivity contribution in [2.24, 2.45) is 22.2 Å². The maximum atomic E-state index is 13.1. The lowest BCUT2D eigenvalue weighted by atomic mass is 10.1. The molecule has 3 heterocycles. The minimum absolute atomic E-state index is 0.110. The standard InChI is InChI=1S/C25H41N9O7/c26-13-19(35)32-10-2-6-16(32)22(38)31-15(5-1-9-29-25(27)28)21(37)30-14-20(36)33-11-3-7-17(33)23(39)34-12-4-8-18(34)24(40)41/h15-18H,1-14,26H2,(H,30,37)(H,31,38)(H,40,41)(H4,27,28,29)/t15-,16-,17-,18-/m0/s1. The fourth-order valence-corrected chi connectivity index (χ4v) is 5.68. The molecule has 0 saturated carbocycles. The van der Waals surface area contributed by atoms with E-state index in [4.69, 9.17) is 17.2 Å². The van der Waals surface area contributed by atoms with Crippen LogP contribution in [0, 0.1) is 0 Å². The number of nitrogens with two attached hydrogens (primary N) is 3. The van der Waals surface area contributed by atoms with Gasteiger partial charge in [-0.2, -0.15) is 0 Å². The van der Waals surface area contributed by atoms with Crippen molar-refractivity contribution in [2.75, 3.05) is 39.3 Å². The Hall–Kier alpha value is -3.95. The van der Waals surface area contributed by atoms with Gasteiger partial charge in [-0.15, -0.1) is 0 Å². The van der Waals surface area contributed by atoms with Gasteiger partial charge >= 0.3 is 5.97 Å². The van der Waals surface area contributed by atoms with Gasteiger partial charge in [-0.05, 0) is 51.4 Å². The van der Waals surface area contributed by atoms with Crippen LogP contribution in [0.1, 0.15) is 51.4 Å². The van der Waals surface area contributed by atoms with E-state index in [-0.39, 0.29) is 31.4 Å². The summed E-state index contributed by atoms with van der Waals surface area (Å²) in [6.45, 7) is 0.594. The zero-order chi connectivity index (χ0) is 30.1. The molecule has 228 valence electrons.